The SMILES string of the molecule is C=Nc1ccc(N=Nc2ccc(N=Cc3ccc(OC)cc3)c3ccccc23)cc1. The lowest BCUT2D eigenvalue weighted by Gasteiger charge is -2.05. The first kappa shape index (κ1) is 19.2. The Balaban J connectivity index is 1.64. The molecule has 0 aliphatic carbocycles. The second-order valence-corrected chi connectivity index (χ2v) is 6.56. The van der Waals surface area contributed by atoms with Gasteiger partial charge < -0.3 is 4.74 Å². The fourth-order valence-electron chi connectivity index (χ4n) is 3.04. The summed E-state index contributed by atoms with van der Waals surface area (Å²) in [5.41, 5.74) is 4.23. The van der Waals surface area contributed by atoms with Gasteiger partial charge in [-0.1, -0.05) is 24.3 Å². The van der Waals surface area contributed by atoms with E-state index in [9.17, 15) is 0 Å². The minimum atomic E-state index is 0.757. The van der Waals surface area contributed by atoms with E-state index >= 15 is 0 Å². The van der Waals surface area contributed by atoms with Gasteiger partial charge >= 0.3 is 0 Å². The van der Waals surface area contributed by atoms with E-state index in [1.807, 2.05) is 91.1 Å². The highest BCUT2D eigenvalue weighted by Crippen LogP contribution is 2.34. The number of ether oxygens (including phenoxy) is 1. The van der Waals surface area contributed by atoms with Crippen molar-refractivity contribution in [1.29, 1.82) is 0 Å². The van der Waals surface area contributed by atoms with Gasteiger partial charge in [0, 0.05) is 17.0 Å². The van der Waals surface area contributed by atoms with Crippen LogP contribution in [0, 0.1) is 0 Å². The van der Waals surface area contributed by atoms with Crippen molar-refractivity contribution in [3.63, 3.8) is 0 Å². The summed E-state index contributed by atoms with van der Waals surface area (Å²) in [6.07, 6.45) is 1.84. The van der Waals surface area contributed by atoms with Crippen LogP contribution < -0.4 is 4.74 Å². The van der Waals surface area contributed by atoms with Gasteiger partial charge in [0.1, 0.15) is 5.75 Å². The van der Waals surface area contributed by atoms with E-state index in [2.05, 4.69) is 26.9 Å². The largest absolute Gasteiger partial charge is 0.497 e. The van der Waals surface area contributed by atoms with Crippen molar-refractivity contribution in [2.45, 2.75) is 0 Å². The molecule has 30 heavy (non-hydrogen) atoms. The van der Waals surface area contributed by atoms with Gasteiger partial charge in [0.15, 0.2) is 0 Å². The molecule has 0 amide bonds. The van der Waals surface area contributed by atoms with Crippen LogP contribution in [0.3, 0.4) is 0 Å². The molecule has 0 saturated carbocycles. The van der Waals surface area contributed by atoms with E-state index in [-0.39, 0.29) is 0 Å². The monoisotopic (exact) mass is 392 g/mol. The lowest BCUT2D eigenvalue weighted by molar-refractivity contribution is 0.415. The third kappa shape index (κ3) is 4.31. The van der Waals surface area contributed by atoms with Gasteiger partial charge in [-0.05, 0) is 72.9 Å². The first-order valence-corrected chi connectivity index (χ1v) is 9.45. The van der Waals surface area contributed by atoms with E-state index < -0.39 is 0 Å². The number of benzene rings is 4. The molecule has 0 aromatic heterocycles. The number of aliphatic imine (C=N–C) groups is 2. The molecule has 0 aliphatic heterocycles. The summed E-state index contributed by atoms with van der Waals surface area (Å²) in [6.45, 7) is 3.52. The number of rotatable bonds is 6. The zero-order chi connectivity index (χ0) is 20.8. The van der Waals surface area contributed by atoms with E-state index in [4.69, 9.17) is 4.74 Å². The summed E-state index contributed by atoms with van der Waals surface area (Å²) in [7, 11) is 1.65. The fourth-order valence-corrected chi connectivity index (χ4v) is 3.04. The summed E-state index contributed by atoms with van der Waals surface area (Å²) in [4.78, 5) is 8.57. The van der Waals surface area contributed by atoms with Gasteiger partial charge in [0.05, 0.1) is 29.9 Å². The second-order valence-electron chi connectivity index (χ2n) is 6.56. The van der Waals surface area contributed by atoms with Crippen LogP contribution in [-0.4, -0.2) is 20.0 Å². The van der Waals surface area contributed by atoms with Crippen LogP contribution in [0.4, 0.5) is 22.7 Å². The van der Waals surface area contributed by atoms with Crippen LogP contribution in [0.25, 0.3) is 10.8 Å². The number of nitrogens with zero attached hydrogens (tertiary/aromatic N) is 4. The molecular weight excluding hydrogens is 372 g/mol. The molecule has 0 unspecified atom stereocenters. The van der Waals surface area contributed by atoms with E-state index in [0.29, 0.717) is 0 Å². The van der Waals surface area contributed by atoms with E-state index in [1.54, 1.807) is 7.11 Å². The van der Waals surface area contributed by atoms with Crippen LogP contribution in [0.15, 0.2) is 105 Å². The zero-order valence-corrected chi connectivity index (χ0v) is 16.6. The summed E-state index contributed by atoms with van der Waals surface area (Å²) < 4.78 is 5.20. The molecule has 0 atom stereocenters. The Bertz CT molecular complexity index is 1230. The molecule has 146 valence electrons. The van der Waals surface area contributed by atoms with Crippen molar-refractivity contribution in [2.24, 2.45) is 20.2 Å². The third-order valence-corrected chi connectivity index (χ3v) is 4.65. The molecule has 0 fully saturated rings. The van der Waals surface area contributed by atoms with Gasteiger partial charge in [-0.15, -0.1) is 5.11 Å². The average Bonchev–Trinajstić information content (AvgIpc) is 2.82. The molecular formula is C25H20N4O. The molecule has 4 rings (SSSR count). The van der Waals surface area contributed by atoms with Crippen molar-refractivity contribution in [1.82, 2.24) is 0 Å². The number of methoxy groups -OCH3 is 1. The van der Waals surface area contributed by atoms with Gasteiger partial charge in [0.25, 0.3) is 0 Å². The van der Waals surface area contributed by atoms with Crippen molar-refractivity contribution >= 4 is 46.5 Å². The van der Waals surface area contributed by atoms with Crippen LogP contribution >= 0.6 is 0 Å². The first-order chi connectivity index (χ1) is 14.8. The molecule has 5 heteroatoms. The third-order valence-electron chi connectivity index (χ3n) is 4.65. The van der Waals surface area contributed by atoms with Gasteiger partial charge in [0.2, 0.25) is 0 Å². The summed E-state index contributed by atoms with van der Waals surface area (Å²) >= 11 is 0. The summed E-state index contributed by atoms with van der Waals surface area (Å²) in [6, 6.07) is 27.2. The Morgan fingerprint density at radius 2 is 1.33 bits per heavy atom. The predicted octanol–water partition coefficient (Wildman–Crippen LogP) is 7.35. The van der Waals surface area contributed by atoms with Crippen molar-refractivity contribution < 1.29 is 4.74 Å². The summed E-state index contributed by atoms with van der Waals surface area (Å²) in [5.74, 6) is 0.822. The van der Waals surface area contributed by atoms with Crippen molar-refractivity contribution in [3.8, 4) is 5.75 Å². The quantitative estimate of drug-likeness (QED) is 0.250. The molecule has 4 aromatic rings. The minimum Gasteiger partial charge on any atom is -0.497 e. The minimum absolute atomic E-state index is 0.757. The molecule has 0 saturated heterocycles. The fraction of sp³-hybridized carbons (Fsp3) is 0.0400. The highest BCUT2D eigenvalue weighted by atomic mass is 16.5. The Kier molecular flexibility index (Phi) is 5.71. The van der Waals surface area contributed by atoms with Gasteiger partial charge in [-0.3, -0.25) is 9.98 Å². The maximum absolute atomic E-state index is 5.20. The van der Waals surface area contributed by atoms with Crippen LogP contribution in [0.2, 0.25) is 0 Å². The highest BCUT2D eigenvalue weighted by Gasteiger charge is 2.05. The van der Waals surface area contributed by atoms with Crippen LogP contribution in [-0.2, 0) is 0 Å². The maximum Gasteiger partial charge on any atom is 0.118 e. The number of fused-ring (bicyclic) bond motifs is 1. The lowest BCUT2D eigenvalue weighted by Crippen LogP contribution is -1.84. The topological polar surface area (TPSA) is 58.7 Å². The van der Waals surface area contributed by atoms with Gasteiger partial charge in [-0.2, -0.15) is 5.11 Å². The predicted molar refractivity (Wildman–Crippen MR) is 124 cm³/mol. The maximum atomic E-state index is 5.20. The standard InChI is InChI=1S/C25H20N4O/c1-26-19-9-11-20(12-10-19)28-29-25-16-15-24(22-5-3-4-6-23(22)25)27-17-18-7-13-21(30-2)14-8-18/h3-17H,1H2,2H3. The van der Waals surface area contributed by atoms with Crippen LogP contribution in [0.1, 0.15) is 5.56 Å². The molecule has 0 aliphatic rings. The zero-order valence-electron chi connectivity index (χ0n) is 16.6. The van der Waals surface area contributed by atoms with Crippen molar-refractivity contribution in [2.75, 3.05) is 7.11 Å². The Morgan fingerprint density at radius 1 is 0.700 bits per heavy atom. The smallest absolute Gasteiger partial charge is 0.118 e. The Hall–Kier alpha value is -4.12. The molecule has 4 aromatic carbocycles. The molecule has 0 heterocycles. The molecule has 0 N–H and O–H groups in total. The normalized spacial score (nSPS) is 11.4. The van der Waals surface area contributed by atoms with E-state index in [1.165, 1.54) is 0 Å². The molecule has 0 spiro atoms. The highest BCUT2D eigenvalue weighted by molar-refractivity contribution is 6.01. The lowest BCUT2D eigenvalue weighted by atomic mass is 10.1. The molecule has 0 bridgehead atoms. The number of hydrogen-bond acceptors (Lipinski definition) is 5. The molecule has 5 nitrogen and oxygen atoms in total. The Morgan fingerprint density at radius 3 is 2.00 bits per heavy atom. The molecule has 0 radical (unpaired) electrons. The summed E-state index contributed by atoms with van der Waals surface area (Å²) in [5, 5.41) is 10.8. The van der Waals surface area contributed by atoms with Crippen molar-refractivity contribution in [3.05, 3.63) is 90.5 Å². The Labute approximate surface area is 175 Å². The first-order valence-electron chi connectivity index (χ1n) is 9.45. The number of azo groups is 1. The van der Waals surface area contributed by atoms with Crippen LogP contribution in [0.5, 0.6) is 5.75 Å². The van der Waals surface area contributed by atoms with Gasteiger partial charge in [-0.25, -0.2) is 0 Å². The number of hydrogen-bond donors (Lipinski definition) is 0. The van der Waals surface area contributed by atoms with E-state index in [0.717, 1.165) is 44.8 Å². The second kappa shape index (κ2) is 8.92. The average molecular weight is 392 g/mol.